The number of alkyl halides is 3. The van der Waals surface area contributed by atoms with E-state index in [1.54, 1.807) is 0 Å². The van der Waals surface area contributed by atoms with E-state index in [2.05, 4.69) is 15.3 Å². The highest BCUT2D eigenvalue weighted by Gasteiger charge is 2.38. The smallest absolute Gasteiger partial charge is 0.475 e. The lowest BCUT2D eigenvalue weighted by Crippen LogP contribution is -2.48. The molecule has 1 amide bonds. The summed E-state index contributed by atoms with van der Waals surface area (Å²) >= 11 is 0. The highest BCUT2D eigenvalue weighted by molar-refractivity contribution is 5.81. The molecule has 9 nitrogen and oxygen atoms in total. The molecule has 8 N–H and O–H groups in total. The van der Waals surface area contributed by atoms with Gasteiger partial charge in [-0.05, 0) is 49.9 Å². The predicted octanol–water partition coefficient (Wildman–Crippen LogP) is 2.41. The molecule has 3 rings (SSSR count). The van der Waals surface area contributed by atoms with E-state index in [0.29, 0.717) is 38.1 Å². The third-order valence-corrected chi connectivity index (χ3v) is 5.28. The number of nitrogens with two attached hydrogens (primary N) is 2. The van der Waals surface area contributed by atoms with Gasteiger partial charge >= 0.3 is 12.1 Å². The molecule has 0 saturated heterocycles. The molecule has 1 unspecified atom stereocenters. The summed E-state index contributed by atoms with van der Waals surface area (Å²) in [6.45, 7) is 0.486. The SMILES string of the molecule is NCCC[C@@H](N)C(=O)N[C@H](CCc1ccccc1)C(O)c1nc2ccccc2[nH]1.O=C(O)C(F)(F)F. The van der Waals surface area contributed by atoms with Gasteiger partial charge < -0.3 is 32.0 Å². The van der Waals surface area contributed by atoms with Crippen molar-refractivity contribution < 1.29 is 33.0 Å². The van der Waals surface area contributed by atoms with Crippen LogP contribution in [0.5, 0.6) is 0 Å². The Labute approximate surface area is 205 Å². The number of rotatable bonds is 10. The summed E-state index contributed by atoms with van der Waals surface area (Å²) in [5, 5.41) is 21.0. The summed E-state index contributed by atoms with van der Waals surface area (Å²) in [4.78, 5) is 29.1. The Kier molecular flexibility index (Phi) is 10.8. The molecule has 1 aromatic heterocycles. The summed E-state index contributed by atoms with van der Waals surface area (Å²) in [5.74, 6) is -2.61. The van der Waals surface area contributed by atoms with E-state index in [0.717, 1.165) is 16.6 Å². The van der Waals surface area contributed by atoms with Crippen LogP contribution in [0.4, 0.5) is 13.2 Å². The topological polar surface area (TPSA) is 167 Å². The number of hydrogen-bond acceptors (Lipinski definition) is 6. The number of aliphatic hydroxyl groups is 1. The van der Waals surface area contributed by atoms with Crippen molar-refractivity contribution in [2.45, 2.75) is 50.0 Å². The second-order valence-electron chi connectivity index (χ2n) is 8.06. The predicted molar refractivity (Wildman–Crippen MR) is 128 cm³/mol. The number of aryl methyl sites for hydroxylation is 1. The number of hydrogen-bond donors (Lipinski definition) is 6. The first-order chi connectivity index (χ1) is 17.0. The van der Waals surface area contributed by atoms with Gasteiger partial charge in [-0.25, -0.2) is 9.78 Å². The minimum atomic E-state index is -5.08. The van der Waals surface area contributed by atoms with Crippen molar-refractivity contribution in [3.8, 4) is 0 Å². The van der Waals surface area contributed by atoms with E-state index in [1.165, 1.54) is 0 Å². The van der Waals surface area contributed by atoms with Crippen molar-refractivity contribution in [1.29, 1.82) is 0 Å². The third kappa shape index (κ3) is 8.95. The first-order valence-electron chi connectivity index (χ1n) is 11.3. The molecule has 1 heterocycles. The summed E-state index contributed by atoms with van der Waals surface area (Å²) in [6, 6.07) is 16.4. The summed E-state index contributed by atoms with van der Waals surface area (Å²) < 4.78 is 31.7. The molecule has 3 atom stereocenters. The van der Waals surface area contributed by atoms with Crippen LogP contribution in [-0.2, 0) is 16.0 Å². The number of fused-ring (bicyclic) bond motifs is 1. The van der Waals surface area contributed by atoms with Gasteiger partial charge in [0.25, 0.3) is 0 Å². The molecule has 2 aromatic carbocycles. The summed E-state index contributed by atoms with van der Waals surface area (Å²) in [5.41, 5.74) is 14.2. The zero-order chi connectivity index (χ0) is 26.7. The Morgan fingerprint density at radius 3 is 2.25 bits per heavy atom. The second kappa shape index (κ2) is 13.6. The number of aliphatic hydroxyl groups excluding tert-OH is 1. The number of benzene rings is 2. The lowest BCUT2D eigenvalue weighted by molar-refractivity contribution is -0.192. The molecule has 0 aliphatic carbocycles. The lowest BCUT2D eigenvalue weighted by Gasteiger charge is -2.24. The van der Waals surface area contributed by atoms with Gasteiger partial charge in [-0.2, -0.15) is 13.2 Å². The number of aliphatic carboxylic acids is 1. The largest absolute Gasteiger partial charge is 0.490 e. The zero-order valence-electron chi connectivity index (χ0n) is 19.4. The van der Waals surface area contributed by atoms with Crippen LogP contribution in [-0.4, -0.2) is 56.9 Å². The number of nitrogens with zero attached hydrogens (tertiary/aromatic N) is 1. The minimum absolute atomic E-state index is 0.285. The van der Waals surface area contributed by atoms with E-state index < -0.39 is 30.3 Å². The van der Waals surface area contributed by atoms with Crippen molar-refractivity contribution in [3.63, 3.8) is 0 Å². The first kappa shape index (κ1) is 28.8. The van der Waals surface area contributed by atoms with Gasteiger partial charge in [0.2, 0.25) is 5.91 Å². The molecular weight excluding hydrogens is 479 g/mol. The van der Waals surface area contributed by atoms with Crippen molar-refractivity contribution in [2.75, 3.05) is 6.54 Å². The maximum absolute atomic E-state index is 12.6. The Morgan fingerprint density at radius 1 is 1.06 bits per heavy atom. The third-order valence-electron chi connectivity index (χ3n) is 5.28. The molecule has 0 bridgehead atoms. The van der Waals surface area contributed by atoms with Crippen LogP contribution >= 0.6 is 0 Å². The van der Waals surface area contributed by atoms with E-state index in [1.807, 2.05) is 54.6 Å². The molecule has 36 heavy (non-hydrogen) atoms. The highest BCUT2D eigenvalue weighted by atomic mass is 19.4. The highest BCUT2D eigenvalue weighted by Crippen LogP contribution is 2.21. The van der Waals surface area contributed by atoms with Crippen LogP contribution in [0.15, 0.2) is 54.6 Å². The van der Waals surface area contributed by atoms with Crippen molar-refractivity contribution in [2.24, 2.45) is 11.5 Å². The number of amides is 1. The maximum atomic E-state index is 12.6. The van der Waals surface area contributed by atoms with Gasteiger partial charge in [0, 0.05) is 0 Å². The van der Waals surface area contributed by atoms with Gasteiger partial charge in [0.15, 0.2) is 0 Å². The Morgan fingerprint density at radius 2 is 1.67 bits per heavy atom. The van der Waals surface area contributed by atoms with Crippen LogP contribution in [0.25, 0.3) is 11.0 Å². The number of aromatic amines is 1. The molecule has 196 valence electrons. The Balaban J connectivity index is 0.000000572. The Hall–Kier alpha value is -3.48. The fourth-order valence-corrected chi connectivity index (χ4v) is 3.34. The molecule has 0 aliphatic rings. The number of H-pyrrole nitrogens is 1. The minimum Gasteiger partial charge on any atom is -0.475 e. The quantitative estimate of drug-likeness (QED) is 0.244. The van der Waals surface area contributed by atoms with Crippen LogP contribution in [0.3, 0.4) is 0 Å². The number of imidazole rings is 1. The van der Waals surface area contributed by atoms with Crippen LogP contribution in [0.2, 0.25) is 0 Å². The fourth-order valence-electron chi connectivity index (χ4n) is 3.34. The second-order valence-corrected chi connectivity index (χ2v) is 8.06. The average molecular weight is 510 g/mol. The van der Waals surface area contributed by atoms with Gasteiger partial charge in [0.1, 0.15) is 11.9 Å². The van der Waals surface area contributed by atoms with Gasteiger partial charge in [0.05, 0.1) is 23.1 Å². The molecule has 3 aromatic rings. The standard InChI is InChI=1S/C22H29N5O2.C2HF3O2/c23-14-6-9-16(24)22(29)27-19(13-12-15-7-2-1-3-8-15)20(28)21-25-17-10-4-5-11-18(17)26-21;3-2(4,5)1(6)7/h1-5,7-8,10-11,16,19-20,28H,6,9,12-14,23-24H2,(H,25,26)(H,27,29);(H,6,7)/t16-,19-,20?;/m1./s1. The molecule has 0 aliphatic heterocycles. The normalized spacial score (nSPS) is 13.8. The molecule has 0 radical (unpaired) electrons. The number of halogens is 3. The first-order valence-corrected chi connectivity index (χ1v) is 11.3. The summed E-state index contributed by atoms with van der Waals surface area (Å²) in [6.07, 6.45) is -3.61. The van der Waals surface area contributed by atoms with Crippen LogP contribution in [0.1, 0.15) is 36.8 Å². The summed E-state index contributed by atoms with van der Waals surface area (Å²) in [7, 11) is 0. The Bertz CT molecular complexity index is 1070. The number of carbonyl (C=O) groups is 2. The zero-order valence-corrected chi connectivity index (χ0v) is 19.4. The lowest BCUT2D eigenvalue weighted by atomic mass is 10.00. The van der Waals surface area contributed by atoms with Crippen molar-refractivity contribution in [1.82, 2.24) is 15.3 Å². The van der Waals surface area contributed by atoms with E-state index in [4.69, 9.17) is 21.4 Å². The van der Waals surface area contributed by atoms with Gasteiger partial charge in [-0.15, -0.1) is 0 Å². The van der Waals surface area contributed by atoms with Crippen molar-refractivity contribution >= 4 is 22.9 Å². The average Bonchev–Trinajstić information content (AvgIpc) is 3.29. The monoisotopic (exact) mass is 509 g/mol. The molecule has 0 spiro atoms. The fraction of sp³-hybridized carbons (Fsp3) is 0.375. The number of carboxylic acids is 1. The van der Waals surface area contributed by atoms with Gasteiger partial charge in [-0.3, -0.25) is 4.79 Å². The van der Waals surface area contributed by atoms with E-state index in [-0.39, 0.29) is 5.91 Å². The van der Waals surface area contributed by atoms with Crippen LogP contribution < -0.4 is 16.8 Å². The van der Waals surface area contributed by atoms with Gasteiger partial charge in [-0.1, -0.05) is 42.5 Å². The maximum Gasteiger partial charge on any atom is 0.490 e. The molecule has 0 fully saturated rings. The van der Waals surface area contributed by atoms with Crippen LogP contribution in [0, 0.1) is 0 Å². The number of aromatic nitrogens is 2. The molecule has 0 saturated carbocycles. The molecule has 12 heteroatoms. The number of para-hydroxylation sites is 2. The number of carbonyl (C=O) groups excluding carboxylic acids is 1. The van der Waals surface area contributed by atoms with Crippen molar-refractivity contribution in [3.05, 3.63) is 66.0 Å². The van der Waals surface area contributed by atoms with E-state index in [9.17, 15) is 23.1 Å². The number of carboxylic acid groups (broad SMARTS) is 1. The van der Waals surface area contributed by atoms with E-state index >= 15 is 0 Å². The number of nitrogens with one attached hydrogen (secondary N) is 2. The molecular formula is C24H30F3N5O4.